The first kappa shape index (κ1) is 25.5. The zero-order valence-corrected chi connectivity index (χ0v) is 21.2. The van der Waals surface area contributed by atoms with Gasteiger partial charge in [-0.25, -0.2) is 0 Å². The van der Waals surface area contributed by atoms with E-state index >= 15 is 0 Å². The van der Waals surface area contributed by atoms with E-state index in [1.54, 1.807) is 18.3 Å². The van der Waals surface area contributed by atoms with E-state index in [0.717, 1.165) is 33.3 Å². The maximum Gasteiger partial charge on any atom is 0.418 e. The number of carbonyl (C=O) groups is 1. The Bertz CT molecular complexity index is 1600. The van der Waals surface area contributed by atoms with Crippen molar-refractivity contribution in [3.63, 3.8) is 0 Å². The van der Waals surface area contributed by atoms with Gasteiger partial charge in [-0.3, -0.25) is 9.78 Å². The number of thiophene rings is 1. The van der Waals surface area contributed by atoms with Gasteiger partial charge >= 0.3 is 12.1 Å². The highest BCUT2D eigenvalue weighted by molar-refractivity contribution is 7.10. The summed E-state index contributed by atoms with van der Waals surface area (Å²) in [5.74, 6) is 0.122. The fourth-order valence-corrected chi connectivity index (χ4v) is 5.19. The lowest BCUT2D eigenvalue weighted by Gasteiger charge is -2.17. The average Bonchev–Trinajstić information content (AvgIpc) is 3.33. The number of halogens is 3. The number of esters is 1. The molecule has 0 spiro atoms. The number of nitrogens with one attached hydrogen (secondary N) is 1. The Hall–Kier alpha value is -4.17. The minimum Gasteiger partial charge on any atom is -0.425 e. The smallest absolute Gasteiger partial charge is 0.418 e. The molecule has 2 heterocycles. The summed E-state index contributed by atoms with van der Waals surface area (Å²) < 4.78 is 46.7. The van der Waals surface area contributed by atoms with Gasteiger partial charge in [-0.15, -0.1) is 11.3 Å². The van der Waals surface area contributed by atoms with Crippen molar-refractivity contribution in [2.24, 2.45) is 0 Å². The molecule has 5 aromatic rings. The molecule has 0 fully saturated rings. The summed E-state index contributed by atoms with van der Waals surface area (Å²) in [7, 11) is 0. The minimum absolute atomic E-state index is 0.0743. The topological polar surface area (TPSA) is 51.2 Å². The molecule has 0 amide bonds. The molecular weight excluding hydrogens is 509 g/mol. The maximum absolute atomic E-state index is 13.8. The third kappa shape index (κ3) is 5.55. The minimum atomic E-state index is -4.52. The number of benzene rings is 3. The first-order valence-electron chi connectivity index (χ1n) is 11.9. The number of nitrogens with zero attached hydrogens (tertiary/aromatic N) is 1. The first-order valence-corrected chi connectivity index (χ1v) is 12.8. The number of pyridine rings is 1. The molecule has 0 saturated heterocycles. The van der Waals surface area contributed by atoms with Gasteiger partial charge in [0.05, 0.1) is 22.5 Å². The molecule has 0 bridgehead atoms. The van der Waals surface area contributed by atoms with Gasteiger partial charge in [-0.2, -0.15) is 13.2 Å². The van der Waals surface area contributed by atoms with Crippen LogP contribution in [0.25, 0.3) is 22.0 Å². The van der Waals surface area contributed by atoms with E-state index in [-0.39, 0.29) is 11.5 Å². The van der Waals surface area contributed by atoms with Gasteiger partial charge in [-0.1, -0.05) is 54.6 Å². The van der Waals surface area contributed by atoms with Crippen LogP contribution in [-0.2, 0) is 23.9 Å². The second-order valence-corrected chi connectivity index (χ2v) is 9.76. The van der Waals surface area contributed by atoms with Crippen LogP contribution in [0.4, 0.5) is 18.9 Å². The summed E-state index contributed by atoms with van der Waals surface area (Å²) in [5.41, 5.74) is 3.31. The van der Waals surface area contributed by atoms with Crippen LogP contribution in [0.1, 0.15) is 28.5 Å². The monoisotopic (exact) mass is 532 g/mol. The van der Waals surface area contributed by atoms with Crippen LogP contribution >= 0.6 is 11.3 Å². The van der Waals surface area contributed by atoms with Gasteiger partial charge in [0, 0.05) is 24.2 Å². The van der Waals surface area contributed by atoms with E-state index in [2.05, 4.69) is 10.3 Å². The third-order valence-electron chi connectivity index (χ3n) is 6.08. The van der Waals surface area contributed by atoms with Gasteiger partial charge in [0.2, 0.25) is 0 Å². The van der Waals surface area contributed by atoms with E-state index < -0.39 is 11.7 Å². The number of anilines is 1. The fraction of sp³-hybridized carbons (Fsp3) is 0.133. The number of para-hydroxylation sites is 1. The molecule has 5 rings (SSSR count). The van der Waals surface area contributed by atoms with Gasteiger partial charge in [0.15, 0.2) is 0 Å². The van der Waals surface area contributed by atoms with Crippen LogP contribution in [-0.4, -0.2) is 11.0 Å². The number of hydrogen-bond donors (Lipinski definition) is 1. The lowest BCUT2D eigenvalue weighted by Crippen LogP contribution is -2.07. The second kappa shape index (κ2) is 10.7. The number of fused-ring (bicyclic) bond motifs is 1. The molecular formula is C30H23F3N2O2S. The SMILES string of the molecule is CC(=O)Oc1ccsc1CNc1cccc(-c2c(Cc3ccccc3)cnc3c(C(F)(F)F)cccc23)c1. The summed E-state index contributed by atoms with van der Waals surface area (Å²) in [6, 6.07) is 23.3. The molecule has 3 aromatic carbocycles. The standard InChI is InChI=1S/C30H23F3N2O2S/c1-19(36)37-26-13-14-38-27(26)18-34-23-10-5-9-21(16-23)28-22(15-20-7-3-2-4-8-20)17-35-29-24(28)11-6-12-25(29)30(31,32)33/h2-14,16-17,34H,15,18H2,1H3. The number of carbonyl (C=O) groups excluding carboxylic acids is 1. The predicted octanol–water partition coefficient (Wildman–Crippen LogP) is 8.11. The average molecular weight is 533 g/mol. The number of rotatable bonds is 7. The summed E-state index contributed by atoms with van der Waals surface area (Å²) in [6.07, 6.45) is -2.44. The summed E-state index contributed by atoms with van der Waals surface area (Å²) in [5, 5.41) is 5.64. The highest BCUT2D eigenvalue weighted by atomic mass is 32.1. The van der Waals surface area contributed by atoms with E-state index in [1.807, 2.05) is 60.0 Å². The Morgan fingerprint density at radius 3 is 2.55 bits per heavy atom. The molecule has 0 aliphatic carbocycles. The molecule has 2 aromatic heterocycles. The van der Waals surface area contributed by atoms with Gasteiger partial charge in [-0.05, 0) is 58.3 Å². The van der Waals surface area contributed by atoms with Crippen molar-refractivity contribution in [1.29, 1.82) is 0 Å². The van der Waals surface area contributed by atoms with Crippen molar-refractivity contribution < 1.29 is 22.7 Å². The molecule has 0 unspecified atom stereocenters. The van der Waals surface area contributed by atoms with Crippen molar-refractivity contribution in [3.05, 3.63) is 112 Å². The first-order chi connectivity index (χ1) is 18.3. The molecule has 192 valence electrons. The number of aromatic nitrogens is 1. The number of ether oxygens (including phenoxy) is 1. The lowest BCUT2D eigenvalue weighted by atomic mass is 9.91. The van der Waals surface area contributed by atoms with Gasteiger partial charge < -0.3 is 10.1 Å². The van der Waals surface area contributed by atoms with Crippen LogP contribution in [0, 0.1) is 0 Å². The van der Waals surface area contributed by atoms with Crippen molar-refractivity contribution in [3.8, 4) is 16.9 Å². The van der Waals surface area contributed by atoms with E-state index in [4.69, 9.17) is 4.74 Å². The van der Waals surface area contributed by atoms with Crippen LogP contribution in [0.2, 0.25) is 0 Å². The Kier molecular flexibility index (Phi) is 7.15. The molecule has 38 heavy (non-hydrogen) atoms. The summed E-state index contributed by atoms with van der Waals surface area (Å²) in [6.45, 7) is 1.78. The lowest BCUT2D eigenvalue weighted by molar-refractivity contribution is -0.136. The normalized spacial score (nSPS) is 11.5. The van der Waals surface area contributed by atoms with Crippen LogP contribution in [0.3, 0.4) is 0 Å². The predicted molar refractivity (Wildman–Crippen MR) is 144 cm³/mol. The fourth-order valence-electron chi connectivity index (χ4n) is 4.45. The number of hydrogen-bond acceptors (Lipinski definition) is 5. The van der Waals surface area contributed by atoms with Crippen LogP contribution < -0.4 is 10.1 Å². The quantitative estimate of drug-likeness (QED) is 0.215. The molecule has 0 atom stereocenters. The van der Waals surface area contributed by atoms with Crippen LogP contribution in [0.5, 0.6) is 5.75 Å². The van der Waals surface area contributed by atoms with Gasteiger partial charge in [0.1, 0.15) is 5.75 Å². The molecule has 0 aliphatic rings. The third-order valence-corrected chi connectivity index (χ3v) is 6.98. The molecule has 0 saturated carbocycles. The Morgan fingerprint density at radius 1 is 1.00 bits per heavy atom. The largest absolute Gasteiger partial charge is 0.425 e. The second-order valence-electron chi connectivity index (χ2n) is 8.76. The van der Waals surface area contributed by atoms with E-state index in [0.29, 0.717) is 29.7 Å². The highest BCUT2D eigenvalue weighted by Crippen LogP contribution is 2.39. The van der Waals surface area contributed by atoms with Crippen molar-refractivity contribution in [2.45, 2.75) is 26.1 Å². The van der Waals surface area contributed by atoms with E-state index in [1.165, 1.54) is 24.3 Å². The van der Waals surface area contributed by atoms with Crippen molar-refractivity contribution in [2.75, 3.05) is 5.32 Å². The Labute approximate surface area is 221 Å². The maximum atomic E-state index is 13.8. The zero-order valence-electron chi connectivity index (χ0n) is 20.4. The molecule has 8 heteroatoms. The van der Waals surface area contributed by atoms with E-state index in [9.17, 15) is 18.0 Å². The molecule has 0 radical (unpaired) electrons. The highest BCUT2D eigenvalue weighted by Gasteiger charge is 2.33. The zero-order chi connectivity index (χ0) is 26.7. The molecule has 0 aliphatic heterocycles. The van der Waals surface area contributed by atoms with Crippen molar-refractivity contribution >= 4 is 33.9 Å². The Balaban J connectivity index is 1.57. The number of alkyl halides is 3. The Morgan fingerprint density at radius 2 is 1.79 bits per heavy atom. The molecule has 1 N–H and O–H groups in total. The summed E-state index contributed by atoms with van der Waals surface area (Å²) >= 11 is 1.47. The van der Waals surface area contributed by atoms with Crippen molar-refractivity contribution in [1.82, 2.24) is 4.98 Å². The molecule has 4 nitrogen and oxygen atoms in total. The van der Waals surface area contributed by atoms with Crippen LogP contribution in [0.15, 0.2) is 90.4 Å². The summed E-state index contributed by atoms with van der Waals surface area (Å²) in [4.78, 5) is 16.5. The van der Waals surface area contributed by atoms with Gasteiger partial charge in [0.25, 0.3) is 0 Å².